The lowest BCUT2D eigenvalue weighted by molar-refractivity contribution is -0.305. The SMILES string of the molecule is O=C([O-])CCC(=O)Nc1ccc2c(c1)OCCOCCOCCO2. The summed E-state index contributed by atoms with van der Waals surface area (Å²) in [6.07, 6.45) is -0.477. The molecular weight excluding hydrogens is 318 g/mol. The van der Waals surface area contributed by atoms with Gasteiger partial charge in [-0.05, 0) is 18.6 Å². The quantitative estimate of drug-likeness (QED) is 0.821. The Morgan fingerprint density at radius 2 is 1.54 bits per heavy atom. The third kappa shape index (κ3) is 6.43. The predicted octanol–water partition coefficient (Wildman–Crippen LogP) is -0.0404. The lowest BCUT2D eigenvalue weighted by Gasteiger charge is -2.16. The minimum Gasteiger partial charge on any atom is -0.550 e. The molecule has 0 radical (unpaired) electrons. The van der Waals surface area contributed by atoms with Gasteiger partial charge in [0.2, 0.25) is 5.91 Å². The van der Waals surface area contributed by atoms with Crippen molar-refractivity contribution in [3.05, 3.63) is 18.2 Å². The molecule has 24 heavy (non-hydrogen) atoms. The van der Waals surface area contributed by atoms with Gasteiger partial charge in [-0.15, -0.1) is 0 Å². The van der Waals surface area contributed by atoms with E-state index in [4.69, 9.17) is 18.9 Å². The van der Waals surface area contributed by atoms with Gasteiger partial charge in [0, 0.05) is 24.1 Å². The number of carboxylic acids is 1. The van der Waals surface area contributed by atoms with E-state index in [0.717, 1.165) is 0 Å². The third-order valence-corrected chi connectivity index (χ3v) is 3.13. The lowest BCUT2D eigenvalue weighted by atomic mass is 10.2. The molecule has 8 heteroatoms. The zero-order valence-corrected chi connectivity index (χ0v) is 13.2. The van der Waals surface area contributed by atoms with Gasteiger partial charge in [0.05, 0.1) is 26.4 Å². The molecule has 2 rings (SSSR count). The van der Waals surface area contributed by atoms with Crippen molar-refractivity contribution in [3.8, 4) is 11.5 Å². The van der Waals surface area contributed by atoms with Gasteiger partial charge < -0.3 is 34.2 Å². The van der Waals surface area contributed by atoms with E-state index in [1.165, 1.54) is 0 Å². The molecule has 0 aromatic heterocycles. The first kappa shape index (κ1) is 18.0. The molecule has 0 unspecified atom stereocenters. The summed E-state index contributed by atoms with van der Waals surface area (Å²) in [5.41, 5.74) is 0.491. The summed E-state index contributed by atoms with van der Waals surface area (Å²) < 4.78 is 21.9. The average Bonchev–Trinajstić information content (AvgIpc) is 2.54. The van der Waals surface area contributed by atoms with Gasteiger partial charge in [0.1, 0.15) is 13.2 Å². The van der Waals surface area contributed by atoms with Crippen LogP contribution >= 0.6 is 0 Å². The van der Waals surface area contributed by atoms with E-state index in [9.17, 15) is 14.7 Å². The fourth-order valence-corrected chi connectivity index (χ4v) is 2.00. The van der Waals surface area contributed by atoms with Gasteiger partial charge in [-0.1, -0.05) is 0 Å². The second-order valence-corrected chi connectivity index (χ2v) is 5.00. The second-order valence-electron chi connectivity index (χ2n) is 5.00. The Morgan fingerprint density at radius 1 is 0.917 bits per heavy atom. The molecule has 0 atom stereocenters. The number of hydrogen-bond donors (Lipinski definition) is 1. The van der Waals surface area contributed by atoms with Crippen LogP contribution in [-0.4, -0.2) is 51.5 Å². The van der Waals surface area contributed by atoms with E-state index in [-0.39, 0.29) is 12.8 Å². The molecular formula is C16H20NO7-. The number of carbonyl (C=O) groups excluding carboxylic acids is 2. The number of carboxylic acid groups (broad SMARTS) is 1. The van der Waals surface area contributed by atoms with E-state index >= 15 is 0 Å². The highest BCUT2D eigenvalue weighted by Gasteiger charge is 2.10. The van der Waals surface area contributed by atoms with Crippen LogP contribution in [0.4, 0.5) is 5.69 Å². The van der Waals surface area contributed by atoms with E-state index < -0.39 is 11.9 Å². The smallest absolute Gasteiger partial charge is 0.224 e. The fraction of sp³-hybridized carbons (Fsp3) is 0.500. The number of benzene rings is 1. The van der Waals surface area contributed by atoms with Gasteiger partial charge in [0.25, 0.3) is 0 Å². The Bertz CT molecular complexity index is 561. The topological polar surface area (TPSA) is 106 Å². The van der Waals surface area contributed by atoms with Gasteiger partial charge >= 0.3 is 0 Å². The molecule has 0 spiro atoms. The number of rotatable bonds is 4. The zero-order chi connectivity index (χ0) is 17.2. The van der Waals surface area contributed by atoms with Crippen LogP contribution in [0.25, 0.3) is 0 Å². The van der Waals surface area contributed by atoms with Crippen molar-refractivity contribution in [2.45, 2.75) is 12.8 Å². The van der Waals surface area contributed by atoms with Crippen molar-refractivity contribution >= 4 is 17.6 Å². The number of aliphatic carboxylic acids is 1. The van der Waals surface area contributed by atoms with Gasteiger partial charge in [-0.3, -0.25) is 4.79 Å². The highest BCUT2D eigenvalue weighted by Crippen LogP contribution is 2.30. The van der Waals surface area contributed by atoms with Gasteiger partial charge in [-0.2, -0.15) is 0 Å². The predicted molar refractivity (Wildman–Crippen MR) is 81.9 cm³/mol. The van der Waals surface area contributed by atoms with E-state index in [1.54, 1.807) is 18.2 Å². The number of amides is 1. The molecule has 1 heterocycles. The normalized spacial score (nSPS) is 15.7. The molecule has 8 nitrogen and oxygen atoms in total. The van der Waals surface area contributed by atoms with Crippen LogP contribution in [0.1, 0.15) is 12.8 Å². The van der Waals surface area contributed by atoms with Crippen LogP contribution in [0.15, 0.2) is 18.2 Å². The summed E-state index contributed by atoms with van der Waals surface area (Å²) in [7, 11) is 0. The number of nitrogens with one attached hydrogen (secondary N) is 1. The number of carbonyl (C=O) groups is 2. The van der Waals surface area contributed by atoms with Crippen LogP contribution in [0.5, 0.6) is 11.5 Å². The van der Waals surface area contributed by atoms with Crippen molar-refractivity contribution in [2.24, 2.45) is 0 Å². The molecule has 1 aromatic rings. The molecule has 0 fully saturated rings. The molecule has 1 aromatic carbocycles. The Hall–Kier alpha value is -2.32. The van der Waals surface area contributed by atoms with E-state index in [1.807, 2.05) is 0 Å². The molecule has 1 N–H and O–H groups in total. The zero-order valence-electron chi connectivity index (χ0n) is 13.2. The summed E-state index contributed by atoms with van der Waals surface area (Å²) in [6.45, 7) is 2.54. The Morgan fingerprint density at radius 3 is 2.21 bits per heavy atom. The Balaban J connectivity index is 2.00. The maximum absolute atomic E-state index is 11.7. The lowest BCUT2D eigenvalue weighted by Crippen LogP contribution is -2.24. The summed E-state index contributed by atoms with van der Waals surface area (Å²) in [5.74, 6) is -0.671. The molecule has 0 aliphatic carbocycles. The standard InChI is InChI=1S/C16H21NO7/c18-15(3-4-16(19)20)17-12-1-2-13-14(11-12)24-10-8-22-6-5-21-7-9-23-13/h1-2,11H,3-10H2,(H,17,18)(H,19,20)/p-1. The van der Waals surface area contributed by atoms with Crippen molar-refractivity contribution in [1.29, 1.82) is 0 Å². The Kier molecular flexibility index (Phi) is 7.31. The maximum atomic E-state index is 11.7. The first-order valence-electron chi connectivity index (χ1n) is 7.70. The second kappa shape index (κ2) is 9.74. The molecule has 132 valence electrons. The summed E-state index contributed by atoms with van der Waals surface area (Å²) >= 11 is 0. The van der Waals surface area contributed by atoms with Crippen molar-refractivity contribution in [1.82, 2.24) is 0 Å². The van der Waals surface area contributed by atoms with Crippen LogP contribution in [0.3, 0.4) is 0 Å². The molecule has 0 saturated heterocycles. The largest absolute Gasteiger partial charge is 0.550 e. The maximum Gasteiger partial charge on any atom is 0.224 e. The molecule has 1 aliphatic heterocycles. The monoisotopic (exact) mass is 338 g/mol. The number of ether oxygens (including phenoxy) is 4. The van der Waals surface area contributed by atoms with E-state index in [2.05, 4.69) is 5.32 Å². The van der Waals surface area contributed by atoms with Crippen molar-refractivity contribution < 1.29 is 33.6 Å². The average molecular weight is 338 g/mol. The first-order chi connectivity index (χ1) is 11.6. The molecule has 1 amide bonds. The highest BCUT2D eigenvalue weighted by molar-refractivity contribution is 5.92. The third-order valence-electron chi connectivity index (χ3n) is 3.13. The molecule has 1 aliphatic rings. The summed E-state index contributed by atoms with van der Waals surface area (Å²) in [4.78, 5) is 22.1. The van der Waals surface area contributed by atoms with Crippen molar-refractivity contribution in [3.63, 3.8) is 0 Å². The molecule has 0 saturated carbocycles. The fourth-order valence-electron chi connectivity index (χ4n) is 2.00. The van der Waals surface area contributed by atoms with Crippen LogP contribution in [0, 0.1) is 0 Å². The highest BCUT2D eigenvalue weighted by atomic mass is 16.6. The summed E-state index contributed by atoms with van der Waals surface area (Å²) in [6, 6.07) is 4.96. The number of hydrogen-bond acceptors (Lipinski definition) is 7. The minimum absolute atomic E-state index is 0.151. The molecule has 0 bridgehead atoms. The van der Waals surface area contributed by atoms with E-state index in [0.29, 0.717) is 56.8 Å². The van der Waals surface area contributed by atoms with Crippen molar-refractivity contribution in [2.75, 3.05) is 45.0 Å². The van der Waals surface area contributed by atoms with Crippen LogP contribution < -0.4 is 19.9 Å². The van der Waals surface area contributed by atoms with Gasteiger partial charge in [-0.25, -0.2) is 0 Å². The van der Waals surface area contributed by atoms with Crippen LogP contribution in [0.2, 0.25) is 0 Å². The summed E-state index contributed by atoms with van der Waals surface area (Å²) in [5, 5.41) is 13.0. The number of fused-ring (bicyclic) bond motifs is 1. The van der Waals surface area contributed by atoms with Gasteiger partial charge in [0.15, 0.2) is 11.5 Å². The first-order valence-corrected chi connectivity index (χ1v) is 7.70. The Labute approximate surface area is 139 Å². The minimum atomic E-state index is -1.26. The number of anilines is 1. The van der Waals surface area contributed by atoms with Crippen LogP contribution in [-0.2, 0) is 19.1 Å².